The molecule has 0 unspecified atom stereocenters. The second-order valence-electron chi connectivity index (χ2n) is 2.42. The minimum Gasteiger partial charge on any atom is -0.269 e. The van der Waals surface area contributed by atoms with E-state index in [0.29, 0.717) is 5.02 Å². The summed E-state index contributed by atoms with van der Waals surface area (Å²) in [6.07, 6.45) is 0. The molecule has 76 valence electrons. The highest BCUT2D eigenvalue weighted by atomic mass is 35.5. The van der Waals surface area contributed by atoms with Gasteiger partial charge in [-0.25, -0.2) is 4.72 Å². The number of halogens is 1. The minimum absolute atomic E-state index is 0.0510. The summed E-state index contributed by atoms with van der Waals surface area (Å²) >= 11 is 5.57. The first-order chi connectivity index (χ1) is 6.38. The first kappa shape index (κ1) is 11.0. The van der Waals surface area contributed by atoms with Gasteiger partial charge in [0, 0.05) is 10.6 Å². The van der Waals surface area contributed by atoms with Gasteiger partial charge in [-0.05, 0) is 18.2 Å². The van der Waals surface area contributed by atoms with E-state index in [4.69, 9.17) is 16.2 Å². The van der Waals surface area contributed by atoms with Crippen LogP contribution in [0.2, 0.25) is 5.02 Å². The highest BCUT2D eigenvalue weighted by Crippen LogP contribution is 2.10. The monoisotopic (exact) mass is 235 g/mol. The van der Waals surface area contributed by atoms with Crippen molar-refractivity contribution in [2.75, 3.05) is 0 Å². The predicted molar refractivity (Wildman–Crippen MR) is 50.5 cm³/mol. The first-order valence-corrected chi connectivity index (χ1v) is 5.25. The molecule has 1 aromatic carbocycles. The van der Waals surface area contributed by atoms with Crippen LogP contribution in [0.3, 0.4) is 0 Å². The Bertz CT molecular complexity index is 457. The highest BCUT2D eigenvalue weighted by molar-refractivity contribution is 7.84. The Morgan fingerprint density at radius 3 is 2.57 bits per heavy atom. The molecule has 5 nitrogen and oxygen atoms in total. The topological polar surface area (TPSA) is 83.5 Å². The van der Waals surface area contributed by atoms with E-state index in [2.05, 4.69) is 0 Å². The summed E-state index contributed by atoms with van der Waals surface area (Å²) in [6, 6.07) is 5.67. The number of carbonyl (C=O) groups is 1. The smallest absolute Gasteiger partial charge is 0.269 e. The van der Waals surface area contributed by atoms with E-state index >= 15 is 0 Å². The van der Waals surface area contributed by atoms with Crippen LogP contribution in [0.15, 0.2) is 24.3 Å². The molecule has 0 saturated heterocycles. The van der Waals surface area contributed by atoms with Crippen molar-refractivity contribution in [3.8, 4) is 0 Å². The van der Waals surface area contributed by atoms with Crippen LogP contribution >= 0.6 is 11.6 Å². The second kappa shape index (κ2) is 3.95. The van der Waals surface area contributed by atoms with Crippen LogP contribution in [-0.4, -0.2) is 18.9 Å². The first-order valence-electron chi connectivity index (χ1n) is 3.43. The molecule has 2 N–H and O–H groups in total. The van der Waals surface area contributed by atoms with Gasteiger partial charge < -0.3 is 0 Å². The van der Waals surface area contributed by atoms with Crippen molar-refractivity contribution < 1.29 is 17.8 Å². The van der Waals surface area contributed by atoms with Crippen molar-refractivity contribution in [3.63, 3.8) is 0 Å². The molecule has 0 radical (unpaired) electrons. The number of amides is 1. The average molecular weight is 236 g/mol. The van der Waals surface area contributed by atoms with E-state index in [1.807, 2.05) is 0 Å². The van der Waals surface area contributed by atoms with E-state index in [1.54, 1.807) is 0 Å². The van der Waals surface area contributed by atoms with E-state index in [-0.39, 0.29) is 5.56 Å². The quantitative estimate of drug-likeness (QED) is 0.745. The number of nitrogens with one attached hydrogen (secondary N) is 1. The zero-order valence-electron chi connectivity index (χ0n) is 6.77. The lowest BCUT2D eigenvalue weighted by molar-refractivity contribution is 0.0978. The molecule has 0 saturated carbocycles. The molecule has 0 heterocycles. The van der Waals surface area contributed by atoms with Gasteiger partial charge in [-0.2, -0.15) is 8.42 Å². The zero-order chi connectivity index (χ0) is 10.8. The minimum atomic E-state index is -4.53. The van der Waals surface area contributed by atoms with E-state index < -0.39 is 16.2 Å². The van der Waals surface area contributed by atoms with E-state index in [9.17, 15) is 13.2 Å². The van der Waals surface area contributed by atoms with Gasteiger partial charge >= 0.3 is 10.3 Å². The van der Waals surface area contributed by atoms with Gasteiger partial charge in [-0.3, -0.25) is 9.35 Å². The lowest BCUT2D eigenvalue weighted by Crippen LogP contribution is -2.29. The number of carbonyl (C=O) groups excluding carboxylic acids is 1. The third-order valence-electron chi connectivity index (χ3n) is 1.31. The van der Waals surface area contributed by atoms with Crippen molar-refractivity contribution >= 4 is 27.8 Å². The van der Waals surface area contributed by atoms with Gasteiger partial charge in [-0.15, -0.1) is 0 Å². The molecule has 1 amide bonds. The Labute approximate surface area is 85.6 Å². The number of benzene rings is 1. The molecule has 0 spiro atoms. The summed E-state index contributed by atoms with van der Waals surface area (Å²) in [7, 11) is -4.53. The maximum atomic E-state index is 11.1. The van der Waals surface area contributed by atoms with Crippen LogP contribution in [0.5, 0.6) is 0 Å². The van der Waals surface area contributed by atoms with Crippen molar-refractivity contribution in [1.29, 1.82) is 0 Å². The molecule has 0 aliphatic heterocycles. The Kier molecular flexibility index (Phi) is 3.10. The molecular formula is C7H6ClNO4S. The molecule has 7 heteroatoms. The summed E-state index contributed by atoms with van der Waals surface area (Å²) in [5.74, 6) is -0.935. The van der Waals surface area contributed by atoms with Crippen LogP contribution in [0.1, 0.15) is 10.4 Å². The number of hydrogen-bond donors (Lipinski definition) is 2. The van der Waals surface area contributed by atoms with Crippen LogP contribution in [0, 0.1) is 0 Å². The maximum Gasteiger partial charge on any atom is 0.359 e. The second-order valence-corrected chi connectivity index (χ2v) is 4.01. The van der Waals surface area contributed by atoms with Crippen LogP contribution < -0.4 is 4.72 Å². The number of rotatable bonds is 2. The molecule has 0 fully saturated rings. The molecule has 0 aliphatic carbocycles. The van der Waals surface area contributed by atoms with E-state index in [1.165, 1.54) is 29.0 Å². The normalized spacial score (nSPS) is 11.0. The largest absolute Gasteiger partial charge is 0.359 e. The molecule has 14 heavy (non-hydrogen) atoms. The summed E-state index contributed by atoms with van der Waals surface area (Å²) < 4.78 is 30.3. The lowest BCUT2D eigenvalue weighted by Gasteiger charge is -2.01. The van der Waals surface area contributed by atoms with Gasteiger partial charge in [0.1, 0.15) is 0 Å². The summed E-state index contributed by atoms with van der Waals surface area (Å²) in [6.45, 7) is 0. The van der Waals surface area contributed by atoms with Crippen LogP contribution in [0.4, 0.5) is 0 Å². The van der Waals surface area contributed by atoms with Gasteiger partial charge in [0.05, 0.1) is 0 Å². The van der Waals surface area contributed by atoms with Crippen LogP contribution in [-0.2, 0) is 10.3 Å². The third kappa shape index (κ3) is 3.33. The van der Waals surface area contributed by atoms with Gasteiger partial charge in [-0.1, -0.05) is 17.7 Å². The molecular weight excluding hydrogens is 230 g/mol. The molecule has 0 aliphatic rings. The maximum absolute atomic E-state index is 11.1. The van der Waals surface area contributed by atoms with Crippen molar-refractivity contribution in [2.24, 2.45) is 0 Å². The molecule has 0 atom stereocenters. The third-order valence-corrected chi connectivity index (χ3v) is 1.99. The molecule has 1 rings (SSSR count). The fraction of sp³-hybridized carbons (Fsp3) is 0. The Hall–Kier alpha value is -1.11. The molecule has 0 aromatic heterocycles. The Morgan fingerprint density at radius 2 is 2.07 bits per heavy atom. The van der Waals surface area contributed by atoms with Crippen molar-refractivity contribution in [1.82, 2.24) is 4.72 Å². The Morgan fingerprint density at radius 1 is 1.43 bits per heavy atom. The zero-order valence-corrected chi connectivity index (χ0v) is 8.34. The van der Waals surface area contributed by atoms with Crippen molar-refractivity contribution in [3.05, 3.63) is 34.9 Å². The summed E-state index contributed by atoms with van der Waals surface area (Å²) in [5, 5.41) is 0.299. The lowest BCUT2D eigenvalue weighted by atomic mass is 10.2. The summed E-state index contributed by atoms with van der Waals surface area (Å²) in [4.78, 5) is 11.1. The van der Waals surface area contributed by atoms with Gasteiger partial charge in [0.25, 0.3) is 5.91 Å². The van der Waals surface area contributed by atoms with E-state index in [0.717, 1.165) is 0 Å². The van der Waals surface area contributed by atoms with Crippen molar-refractivity contribution in [2.45, 2.75) is 0 Å². The number of hydrogen-bond acceptors (Lipinski definition) is 3. The fourth-order valence-corrected chi connectivity index (χ4v) is 1.35. The molecule has 1 aromatic rings. The highest BCUT2D eigenvalue weighted by Gasteiger charge is 2.12. The standard InChI is InChI=1S/C7H6ClNO4S/c8-6-3-1-2-5(4-6)7(10)9-14(11,12)13/h1-4H,(H,9,10)(H,11,12,13). The van der Waals surface area contributed by atoms with Gasteiger partial charge in [0.15, 0.2) is 0 Å². The summed E-state index contributed by atoms with van der Waals surface area (Å²) in [5.41, 5.74) is 0.0510. The van der Waals surface area contributed by atoms with Crippen LogP contribution in [0.25, 0.3) is 0 Å². The SMILES string of the molecule is O=C(NS(=O)(=O)O)c1cccc(Cl)c1. The fourth-order valence-electron chi connectivity index (χ4n) is 0.806. The average Bonchev–Trinajstić information content (AvgIpc) is 2.01. The van der Waals surface area contributed by atoms with Gasteiger partial charge in [0.2, 0.25) is 0 Å². The molecule has 0 bridgehead atoms. The Balaban J connectivity index is 2.91. The predicted octanol–water partition coefficient (Wildman–Crippen LogP) is 0.873.